The molecular weight excluding hydrogens is 441 g/mol. The smallest absolute Gasteiger partial charge is 0.416 e. The van der Waals surface area contributed by atoms with Gasteiger partial charge in [0.15, 0.2) is 5.13 Å². The minimum atomic E-state index is -4.40. The predicted octanol–water partition coefficient (Wildman–Crippen LogP) is 5.68. The van der Waals surface area contributed by atoms with Crippen molar-refractivity contribution in [1.82, 2.24) is 4.98 Å². The molecule has 1 amide bonds. The van der Waals surface area contributed by atoms with E-state index in [1.165, 1.54) is 23.5 Å². The van der Waals surface area contributed by atoms with Gasteiger partial charge in [-0.25, -0.2) is 4.98 Å². The summed E-state index contributed by atoms with van der Waals surface area (Å²) < 4.78 is 44.5. The van der Waals surface area contributed by atoms with Crippen LogP contribution in [0.3, 0.4) is 0 Å². The Balaban J connectivity index is 1.30. The molecule has 2 unspecified atom stereocenters. The third-order valence-corrected chi connectivity index (χ3v) is 6.92. The fraction of sp³-hybridized carbons (Fsp3) is 0.261. The number of aromatic nitrogens is 1. The zero-order chi connectivity index (χ0) is 22.5. The van der Waals surface area contributed by atoms with E-state index in [0.717, 1.165) is 29.5 Å². The molecule has 1 N–H and O–H groups in total. The normalized spacial score (nSPS) is 24.1. The second-order valence-corrected chi connectivity index (χ2v) is 8.98. The van der Waals surface area contributed by atoms with Crippen molar-refractivity contribution in [3.63, 3.8) is 0 Å². The van der Waals surface area contributed by atoms with Crippen LogP contribution in [0.2, 0.25) is 0 Å². The summed E-state index contributed by atoms with van der Waals surface area (Å²) in [5, 5.41) is 3.26. The second kappa shape index (κ2) is 7.74. The summed E-state index contributed by atoms with van der Waals surface area (Å²) in [5.41, 5.74) is -0.0872. The molecule has 3 aromatic rings. The fourth-order valence-corrected chi connectivity index (χ4v) is 5.37. The van der Waals surface area contributed by atoms with Gasteiger partial charge in [0.05, 0.1) is 21.7 Å². The van der Waals surface area contributed by atoms with Crippen molar-refractivity contribution in [1.29, 1.82) is 0 Å². The Morgan fingerprint density at radius 3 is 2.53 bits per heavy atom. The number of aldehydes is 1. The van der Waals surface area contributed by atoms with E-state index in [0.29, 0.717) is 16.4 Å². The molecular formula is C23H17F3N2O3S. The zero-order valence-electron chi connectivity index (χ0n) is 16.5. The predicted molar refractivity (Wildman–Crippen MR) is 114 cm³/mol. The van der Waals surface area contributed by atoms with Gasteiger partial charge in [-0.2, -0.15) is 13.2 Å². The van der Waals surface area contributed by atoms with E-state index in [2.05, 4.69) is 10.3 Å². The number of anilines is 1. The molecule has 4 atom stereocenters. The lowest BCUT2D eigenvalue weighted by molar-refractivity contribution is -0.137. The number of fused-ring (bicyclic) bond motifs is 3. The summed E-state index contributed by atoms with van der Waals surface area (Å²) in [4.78, 5) is 28.7. The molecule has 9 heteroatoms. The number of hydrogen-bond acceptors (Lipinski definition) is 5. The number of alkyl halides is 3. The number of thiazole rings is 1. The molecule has 2 aromatic carbocycles. The van der Waals surface area contributed by atoms with Gasteiger partial charge in [-0.1, -0.05) is 23.5 Å². The number of carbonyl (C=O) groups is 2. The van der Waals surface area contributed by atoms with E-state index in [1.54, 1.807) is 18.2 Å². The number of benzene rings is 2. The molecule has 2 aliphatic carbocycles. The van der Waals surface area contributed by atoms with Gasteiger partial charge < -0.3 is 14.8 Å². The van der Waals surface area contributed by atoms with Crippen molar-refractivity contribution >= 4 is 38.9 Å². The molecule has 1 heterocycles. The van der Waals surface area contributed by atoms with E-state index in [-0.39, 0.29) is 35.3 Å². The third-order valence-electron chi connectivity index (χ3n) is 5.99. The van der Waals surface area contributed by atoms with Crippen LogP contribution < -0.4 is 10.1 Å². The monoisotopic (exact) mass is 458 g/mol. The Bertz CT molecular complexity index is 1220. The first-order valence-corrected chi connectivity index (χ1v) is 10.8. The van der Waals surface area contributed by atoms with Gasteiger partial charge in [-0.3, -0.25) is 4.79 Å². The SMILES string of the molecule is O=C[C@H]1C2C=CC(C2)[C@H]1C(=O)Nc1nc2ccc(Oc3ccc(C(F)(F)F)cc3)cc2s1. The van der Waals surface area contributed by atoms with Gasteiger partial charge in [-0.15, -0.1) is 0 Å². The summed E-state index contributed by atoms with van der Waals surface area (Å²) in [6, 6.07) is 9.55. The lowest BCUT2D eigenvalue weighted by atomic mass is 9.83. The molecule has 5 nitrogen and oxygen atoms in total. The molecule has 1 aromatic heterocycles. The quantitative estimate of drug-likeness (QED) is 0.394. The van der Waals surface area contributed by atoms with E-state index >= 15 is 0 Å². The van der Waals surface area contributed by atoms with Crippen LogP contribution in [-0.2, 0) is 15.8 Å². The topological polar surface area (TPSA) is 68.3 Å². The molecule has 0 spiro atoms. The van der Waals surface area contributed by atoms with Gasteiger partial charge >= 0.3 is 6.18 Å². The minimum absolute atomic E-state index is 0.0771. The molecule has 5 rings (SSSR count). The number of nitrogens with one attached hydrogen (secondary N) is 1. The van der Waals surface area contributed by atoms with Gasteiger partial charge in [-0.05, 0) is 54.7 Å². The number of hydrogen-bond donors (Lipinski definition) is 1. The largest absolute Gasteiger partial charge is 0.457 e. The van der Waals surface area contributed by atoms with E-state index in [1.807, 2.05) is 12.2 Å². The number of carbonyl (C=O) groups excluding carboxylic acids is 2. The minimum Gasteiger partial charge on any atom is -0.457 e. The first kappa shape index (κ1) is 20.7. The van der Waals surface area contributed by atoms with Crippen LogP contribution in [0.1, 0.15) is 12.0 Å². The average Bonchev–Trinajstić information content (AvgIpc) is 3.46. The highest BCUT2D eigenvalue weighted by Gasteiger charge is 2.48. The number of allylic oxidation sites excluding steroid dienone is 2. The highest BCUT2D eigenvalue weighted by molar-refractivity contribution is 7.22. The van der Waals surface area contributed by atoms with Crippen molar-refractivity contribution < 1.29 is 27.5 Å². The fourth-order valence-electron chi connectivity index (χ4n) is 4.47. The summed E-state index contributed by atoms with van der Waals surface area (Å²) >= 11 is 1.27. The van der Waals surface area contributed by atoms with Crippen LogP contribution in [0.25, 0.3) is 10.2 Å². The molecule has 0 saturated heterocycles. The lowest BCUT2D eigenvalue weighted by Crippen LogP contribution is -2.33. The lowest BCUT2D eigenvalue weighted by Gasteiger charge is -2.22. The standard InChI is InChI=1S/C23H17F3N2O3S/c24-23(25,26)14-3-5-15(6-4-14)31-16-7-8-18-19(10-16)32-22(27-18)28-21(30)20-13-2-1-12(9-13)17(20)11-29/h1-8,10-13,17,20H,9H2,(H,27,28,30)/t12?,13?,17-,20+/m0/s1. The molecule has 1 saturated carbocycles. The van der Waals surface area contributed by atoms with Crippen molar-refractivity contribution in [3.8, 4) is 11.5 Å². The van der Waals surface area contributed by atoms with Gasteiger partial charge in [0, 0.05) is 12.0 Å². The first-order valence-electron chi connectivity index (χ1n) is 10.0. The van der Waals surface area contributed by atoms with Gasteiger partial charge in [0.2, 0.25) is 5.91 Å². The number of halogens is 3. The van der Waals surface area contributed by atoms with Crippen LogP contribution in [0, 0.1) is 23.7 Å². The third kappa shape index (κ3) is 3.77. The second-order valence-electron chi connectivity index (χ2n) is 7.95. The molecule has 0 aliphatic heterocycles. The average molecular weight is 458 g/mol. The Kier molecular flexibility index (Phi) is 5.00. The molecule has 0 radical (unpaired) electrons. The van der Waals surface area contributed by atoms with Crippen LogP contribution in [-0.4, -0.2) is 17.2 Å². The van der Waals surface area contributed by atoms with Crippen LogP contribution >= 0.6 is 11.3 Å². The molecule has 2 aliphatic rings. The van der Waals surface area contributed by atoms with Crippen molar-refractivity contribution in [2.24, 2.45) is 23.7 Å². The Hall–Kier alpha value is -3.20. The molecule has 32 heavy (non-hydrogen) atoms. The van der Waals surface area contributed by atoms with Crippen molar-refractivity contribution in [3.05, 3.63) is 60.2 Å². The number of amides is 1. The maximum Gasteiger partial charge on any atom is 0.416 e. The van der Waals surface area contributed by atoms with Crippen molar-refractivity contribution in [2.45, 2.75) is 12.6 Å². The first-order chi connectivity index (χ1) is 15.3. The summed E-state index contributed by atoms with van der Waals surface area (Å²) in [6.07, 6.45) is 1.33. The Labute approximate surface area is 184 Å². The van der Waals surface area contributed by atoms with E-state index in [4.69, 9.17) is 4.74 Å². The highest BCUT2D eigenvalue weighted by atomic mass is 32.1. The zero-order valence-corrected chi connectivity index (χ0v) is 17.3. The van der Waals surface area contributed by atoms with Crippen LogP contribution in [0.5, 0.6) is 11.5 Å². The summed E-state index contributed by atoms with van der Waals surface area (Å²) in [5.74, 6) is 0.0370. The Morgan fingerprint density at radius 2 is 1.81 bits per heavy atom. The maximum absolute atomic E-state index is 12.8. The van der Waals surface area contributed by atoms with Gasteiger partial charge in [0.1, 0.15) is 17.8 Å². The Morgan fingerprint density at radius 1 is 1.09 bits per heavy atom. The molecule has 164 valence electrons. The number of nitrogens with zero attached hydrogens (tertiary/aromatic N) is 1. The number of rotatable bonds is 5. The van der Waals surface area contributed by atoms with Crippen LogP contribution in [0.4, 0.5) is 18.3 Å². The highest BCUT2D eigenvalue weighted by Crippen LogP contribution is 2.47. The summed E-state index contributed by atoms with van der Waals surface area (Å²) in [6.45, 7) is 0. The maximum atomic E-state index is 12.8. The number of ether oxygens (including phenoxy) is 1. The van der Waals surface area contributed by atoms with E-state index in [9.17, 15) is 22.8 Å². The van der Waals surface area contributed by atoms with Crippen LogP contribution in [0.15, 0.2) is 54.6 Å². The van der Waals surface area contributed by atoms with Crippen molar-refractivity contribution in [2.75, 3.05) is 5.32 Å². The summed E-state index contributed by atoms with van der Waals surface area (Å²) in [7, 11) is 0. The van der Waals surface area contributed by atoms with Gasteiger partial charge in [0.25, 0.3) is 0 Å². The van der Waals surface area contributed by atoms with E-state index < -0.39 is 11.7 Å². The molecule has 1 fully saturated rings. The molecule has 2 bridgehead atoms.